The van der Waals surface area contributed by atoms with Crippen molar-refractivity contribution in [1.29, 1.82) is 0 Å². The fourth-order valence-corrected chi connectivity index (χ4v) is 2.77. The van der Waals surface area contributed by atoms with Crippen LogP contribution in [0.3, 0.4) is 0 Å². The molecule has 1 aliphatic heterocycles. The van der Waals surface area contributed by atoms with Crippen molar-refractivity contribution in [2.75, 3.05) is 13.2 Å². The highest BCUT2D eigenvalue weighted by Gasteiger charge is 2.36. The predicted octanol–water partition coefficient (Wildman–Crippen LogP) is -0.391. The molecule has 1 aliphatic rings. The summed E-state index contributed by atoms with van der Waals surface area (Å²) in [5, 5.41) is 18.5. The van der Waals surface area contributed by atoms with Crippen molar-refractivity contribution in [2.24, 2.45) is 0 Å². The smallest absolute Gasteiger partial charge is 0.224 e. The van der Waals surface area contributed by atoms with E-state index in [2.05, 4.69) is 0 Å². The Morgan fingerprint density at radius 1 is 1.69 bits per heavy atom. The first-order chi connectivity index (χ1) is 7.45. The van der Waals surface area contributed by atoms with Gasteiger partial charge >= 0.3 is 0 Å². The summed E-state index contributed by atoms with van der Waals surface area (Å²) in [6, 6.07) is -0.565. The Morgan fingerprint density at radius 2 is 2.31 bits per heavy atom. The molecular formula is C10H17NO4S. The minimum atomic E-state index is -0.768. The second kappa shape index (κ2) is 5.65. The van der Waals surface area contributed by atoms with E-state index in [1.54, 1.807) is 6.92 Å². The standard InChI is InChI=1S/C10H17NO4S/c1-6(13)9(5-12)11-4-8(3-10(11)15)16-7(2)14/h6,8-9,12-13H,3-5H2,1-2H3/t6-,8?,9-/m1/s1. The van der Waals surface area contributed by atoms with Gasteiger partial charge in [-0.2, -0.15) is 0 Å². The number of hydrogen-bond donors (Lipinski definition) is 2. The van der Waals surface area contributed by atoms with Gasteiger partial charge in [-0.05, 0) is 6.92 Å². The number of aliphatic hydroxyl groups excluding tert-OH is 2. The SMILES string of the molecule is CC(=O)SC1CC(=O)N([C@H](CO)[C@@H](C)O)C1. The highest BCUT2D eigenvalue weighted by molar-refractivity contribution is 8.14. The van der Waals surface area contributed by atoms with Crippen molar-refractivity contribution in [3.05, 3.63) is 0 Å². The molecule has 0 aromatic rings. The fraction of sp³-hybridized carbons (Fsp3) is 0.800. The Kier molecular flexibility index (Phi) is 4.76. The summed E-state index contributed by atoms with van der Waals surface area (Å²) in [7, 11) is 0. The van der Waals surface area contributed by atoms with Crippen LogP contribution in [-0.4, -0.2) is 56.7 Å². The van der Waals surface area contributed by atoms with Crippen LogP contribution in [0.15, 0.2) is 0 Å². The van der Waals surface area contributed by atoms with E-state index in [1.807, 2.05) is 0 Å². The molecule has 0 bridgehead atoms. The number of carbonyl (C=O) groups is 2. The summed E-state index contributed by atoms with van der Waals surface area (Å²) >= 11 is 1.14. The third-order valence-electron chi connectivity index (χ3n) is 2.60. The van der Waals surface area contributed by atoms with E-state index in [0.29, 0.717) is 13.0 Å². The highest BCUT2D eigenvalue weighted by Crippen LogP contribution is 2.26. The van der Waals surface area contributed by atoms with Gasteiger partial charge in [-0.1, -0.05) is 11.8 Å². The number of rotatable bonds is 4. The summed E-state index contributed by atoms with van der Waals surface area (Å²) in [6.07, 6.45) is -0.469. The summed E-state index contributed by atoms with van der Waals surface area (Å²) in [5.74, 6) is -0.112. The van der Waals surface area contributed by atoms with E-state index >= 15 is 0 Å². The van der Waals surface area contributed by atoms with Crippen molar-refractivity contribution in [3.8, 4) is 0 Å². The number of hydrogen-bond acceptors (Lipinski definition) is 5. The van der Waals surface area contributed by atoms with E-state index in [-0.39, 0.29) is 22.9 Å². The number of carbonyl (C=O) groups excluding carboxylic acids is 2. The maximum absolute atomic E-state index is 11.7. The second-order valence-electron chi connectivity index (χ2n) is 3.97. The number of aliphatic hydroxyl groups is 2. The Balaban J connectivity index is 2.62. The number of nitrogens with zero attached hydrogens (tertiary/aromatic N) is 1. The molecule has 0 aromatic carbocycles. The zero-order valence-corrected chi connectivity index (χ0v) is 10.2. The lowest BCUT2D eigenvalue weighted by atomic mass is 10.2. The van der Waals surface area contributed by atoms with Gasteiger partial charge in [0.25, 0.3) is 0 Å². The summed E-state index contributed by atoms with van der Waals surface area (Å²) in [5.41, 5.74) is 0. The number of thioether (sulfide) groups is 1. The van der Waals surface area contributed by atoms with Crippen LogP contribution in [0.25, 0.3) is 0 Å². The molecule has 1 fully saturated rings. The van der Waals surface area contributed by atoms with Gasteiger partial charge in [0.1, 0.15) is 0 Å². The minimum Gasteiger partial charge on any atom is -0.394 e. The van der Waals surface area contributed by atoms with Gasteiger partial charge in [-0.25, -0.2) is 0 Å². The summed E-state index contributed by atoms with van der Waals surface area (Å²) in [6.45, 7) is 3.16. The molecule has 16 heavy (non-hydrogen) atoms. The maximum Gasteiger partial charge on any atom is 0.224 e. The fourth-order valence-electron chi connectivity index (χ4n) is 1.84. The van der Waals surface area contributed by atoms with Gasteiger partial charge in [-0.15, -0.1) is 0 Å². The van der Waals surface area contributed by atoms with Gasteiger partial charge in [0.15, 0.2) is 5.12 Å². The Bertz CT molecular complexity index is 282. The Morgan fingerprint density at radius 3 is 2.75 bits per heavy atom. The molecule has 92 valence electrons. The van der Waals surface area contributed by atoms with Gasteiger partial charge in [0.05, 0.1) is 18.8 Å². The molecule has 1 unspecified atom stereocenters. The second-order valence-corrected chi connectivity index (χ2v) is 5.45. The van der Waals surface area contributed by atoms with E-state index < -0.39 is 12.1 Å². The molecule has 2 N–H and O–H groups in total. The topological polar surface area (TPSA) is 77.8 Å². The van der Waals surface area contributed by atoms with Crippen molar-refractivity contribution < 1.29 is 19.8 Å². The van der Waals surface area contributed by atoms with Crippen LogP contribution in [-0.2, 0) is 9.59 Å². The molecule has 0 spiro atoms. The van der Waals surface area contributed by atoms with Crippen LogP contribution < -0.4 is 0 Å². The number of amides is 1. The first kappa shape index (κ1) is 13.5. The van der Waals surface area contributed by atoms with Crippen molar-refractivity contribution in [3.63, 3.8) is 0 Å². The normalized spacial score (nSPS) is 24.6. The molecule has 5 nitrogen and oxygen atoms in total. The van der Waals surface area contributed by atoms with Crippen LogP contribution in [0.1, 0.15) is 20.3 Å². The molecule has 1 amide bonds. The van der Waals surface area contributed by atoms with Crippen molar-refractivity contribution >= 4 is 22.8 Å². The van der Waals surface area contributed by atoms with Gasteiger partial charge in [-0.3, -0.25) is 9.59 Å². The summed E-state index contributed by atoms with van der Waals surface area (Å²) < 4.78 is 0. The Labute approximate surface area is 98.8 Å². The lowest BCUT2D eigenvalue weighted by molar-refractivity contribution is -0.132. The zero-order chi connectivity index (χ0) is 12.3. The molecular weight excluding hydrogens is 230 g/mol. The van der Waals surface area contributed by atoms with Gasteiger partial charge in [0.2, 0.25) is 5.91 Å². The monoisotopic (exact) mass is 247 g/mol. The predicted molar refractivity (Wildman–Crippen MR) is 60.9 cm³/mol. The van der Waals surface area contributed by atoms with Crippen LogP contribution in [0.4, 0.5) is 0 Å². The average molecular weight is 247 g/mol. The molecule has 1 saturated heterocycles. The quantitative estimate of drug-likeness (QED) is 0.707. The lowest BCUT2D eigenvalue weighted by Gasteiger charge is -2.28. The largest absolute Gasteiger partial charge is 0.394 e. The van der Waals surface area contributed by atoms with Crippen LogP contribution in [0, 0.1) is 0 Å². The third-order valence-corrected chi connectivity index (χ3v) is 3.58. The summed E-state index contributed by atoms with van der Waals surface area (Å²) in [4.78, 5) is 24.0. The van der Waals surface area contributed by atoms with E-state index in [1.165, 1.54) is 11.8 Å². The third kappa shape index (κ3) is 3.20. The first-order valence-corrected chi connectivity index (χ1v) is 6.09. The minimum absolute atomic E-state index is 0.0164. The van der Waals surface area contributed by atoms with E-state index in [4.69, 9.17) is 5.11 Å². The highest BCUT2D eigenvalue weighted by atomic mass is 32.2. The van der Waals surface area contributed by atoms with Gasteiger partial charge in [0, 0.05) is 25.1 Å². The lowest BCUT2D eigenvalue weighted by Crippen LogP contribution is -2.46. The van der Waals surface area contributed by atoms with E-state index in [0.717, 1.165) is 11.8 Å². The molecule has 1 heterocycles. The molecule has 0 radical (unpaired) electrons. The molecule has 0 saturated carbocycles. The molecule has 6 heteroatoms. The molecule has 0 aliphatic carbocycles. The van der Waals surface area contributed by atoms with Gasteiger partial charge < -0.3 is 15.1 Å². The van der Waals surface area contributed by atoms with Crippen LogP contribution in [0.5, 0.6) is 0 Å². The van der Waals surface area contributed by atoms with E-state index in [9.17, 15) is 14.7 Å². The molecule has 3 atom stereocenters. The van der Waals surface area contributed by atoms with Crippen molar-refractivity contribution in [1.82, 2.24) is 4.90 Å². The van der Waals surface area contributed by atoms with Crippen molar-refractivity contribution in [2.45, 2.75) is 37.7 Å². The maximum atomic E-state index is 11.7. The molecule has 1 rings (SSSR count). The zero-order valence-electron chi connectivity index (χ0n) is 9.42. The number of likely N-dealkylation sites (tertiary alicyclic amines) is 1. The van der Waals surface area contributed by atoms with Crippen LogP contribution >= 0.6 is 11.8 Å². The average Bonchev–Trinajstić information content (AvgIpc) is 2.46. The Hall–Kier alpha value is -0.590. The molecule has 0 aromatic heterocycles. The van der Waals surface area contributed by atoms with Crippen LogP contribution in [0.2, 0.25) is 0 Å². The first-order valence-electron chi connectivity index (χ1n) is 5.21.